The van der Waals surface area contributed by atoms with Crippen LogP contribution in [0.25, 0.3) is 0 Å². The molecule has 0 unspecified atom stereocenters. The summed E-state index contributed by atoms with van der Waals surface area (Å²) < 4.78 is 1.64. The zero-order valence-electron chi connectivity index (χ0n) is 10.6. The van der Waals surface area contributed by atoms with Crippen molar-refractivity contribution in [3.8, 4) is 0 Å². The van der Waals surface area contributed by atoms with Crippen molar-refractivity contribution in [1.82, 2.24) is 14.7 Å². The van der Waals surface area contributed by atoms with Gasteiger partial charge in [-0.25, -0.2) is 0 Å². The van der Waals surface area contributed by atoms with Crippen molar-refractivity contribution >= 4 is 5.91 Å². The summed E-state index contributed by atoms with van der Waals surface area (Å²) in [4.78, 5) is 13.8. The van der Waals surface area contributed by atoms with Gasteiger partial charge in [-0.15, -0.1) is 0 Å². The van der Waals surface area contributed by atoms with Gasteiger partial charge in [-0.3, -0.25) is 9.48 Å². The van der Waals surface area contributed by atoms with E-state index in [0.717, 1.165) is 18.5 Å². The number of hydrogen-bond acceptors (Lipinski definition) is 3. The molecule has 0 spiro atoms. The van der Waals surface area contributed by atoms with Gasteiger partial charge in [-0.05, 0) is 13.3 Å². The van der Waals surface area contributed by atoms with E-state index in [1.165, 1.54) is 0 Å². The summed E-state index contributed by atoms with van der Waals surface area (Å²) in [6.45, 7) is 4.74. The fourth-order valence-electron chi connectivity index (χ4n) is 2.41. The fraction of sp³-hybridized carbons (Fsp3) is 0.667. The Morgan fingerprint density at radius 1 is 1.59 bits per heavy atom. The van der Waals surface area contributed by atoms with E-state index in [2.05, 4.69) is 5.10 Å². The zero-order valence-corrected chi connectivity index (χ0v) is 10.6. The van der Waals surface area contributed by atoms with Gasteiger partial charge in [0, 0.05) is 13.2 Å². The Morgan fingerprint density at radius 2 is 2.24 bits per heavy atom. The minimum absolute atomic E-state index is 0.0311. The second-order valence-corrected chi connectivity index (χ2v) is 4.94. The molecule has 5 nitrogen and oxygen atoms in total. The number of aromatic nitrogens is 2. The molecule has 94 valence electrons. The van der Waals surface area contributed by atoms with Crippen molar-refractivity contribution in [2.24, 2.45) is 7.05 Å². The number of hydrogen-bond donors (Lipinski definition) is 1. The van der Waals surface area contributed by atoms with Crippen molar-refractivity contribution in [3.05, 3.63) is 17.5 Å². The van der Waals surface area contributed by atoms with Crippen molar-refractivity contribution < 1.29 is 9.90 Å². The van der Waals surface area contributed by atoms with E-state index in [4.69, 9.17) is 0 Å². The number of aryl methyl sites for hydroxylation is 2. The molecule has 2 rings (SSSR count). The number of nitrogens with zero attached hydrogens (tertiary/aromatic N) is 3. The van der Waals surface area contributed by atoms with Crippen LogP contribution in [0.2, 0.25) is 0 Å². The van der Waals surface area contributed by atoms with Crippen LogP contribution in [-0.2, 0) is 7.05 Å². The van der Waals surface area contributed by atoms with Gasteiger partial charge in [0.05, 0.1) is 29.9 Å². The first kappa shape index (κ1) is 12.1. The highest BCUT2D eigenvalue weighted by Crippen LogP contribution is 2.27. The maximum absolute atomic E-state index is 12.1. The van der Waals surface area contributed by atoms with Gasteiger partial charge in [0.1, 0.15) is 0 Å². The Kier molecular flexibility index (Phi) is 2.95. The molecule has 1 saturated heterocycles. The van der Waals surface area contributed by atoms with E-state index in [1.54, 1.807) is 22.8 Å². The SMILES string of the molecule is CCCC1(O)CN(C(=O)c2cn(C)nc2C)C1. The standard InChI is InChI=1S/C12H19N3O2/c1-4-5-12(17)7-15(8-12)11(16)10-6-14(3)13-9(10)2/h6,17H,4-5,7-8H2,1-3H3. The van der Waals surface area contributed by atoms with Crippen LogP contribution in [0.3, 0.4) is 0 Å². The first-order chi connectivity index (χ1) is 7.95. The normalized spacial score (nSPS) is 18.0. The van der Waals surface area contributed by atoms with E-state index in [-0.39, 0.29) is 5.91 Å². The van der Waals surface area contributed by atoms with Crippen molar-refractivity contribution in [1.29, 1.82) is 0 Å². The molecular weight excluding hydrogens is 218 g/mol. The summed E-state index contributed by atoms with van der Waals surface area (Å²) in [5, 5.41) is 14.2. The summed E-state index contributed by atoms with van der Waals surface area (Å²) in [6, 6.07) is 0. The monoisotopic (exact) mass is 237 g/mol. The molecule has 0 aliphatic carbocycles. The van der Waals surface area contributed by atoms with E-state index in [1.807, 2.05) is 13.8 Å². The molecule has 1 aromatic rings. The Morgan fingerprint density at radius 3 is 2.71 bits per heavy atom. The van der Waals surface area contributed by atoms with E-state index >= 15 is 0 Å². The van der Waals surface area contributed by atoms with Gasteiger partial charge < -0.3 is 10.0 Å². The molecule has 1 aromatic heterocycles. The molecule has 0 atom stereocenters. The number of amides is 1. The Bertz CT molecular complexity index is 433. The molecule has 17 heavy (non-hydrogen) atoms. The van der Waals surface area contributed by atoms with Crippen LogP contribution in [0.5, 0.6) is 0 Å². The van der Waals surface area contributed by atoms with Crippen molar-refractivity contribution in [2.75, 3.05) is 13.1 Å². The maximum Gasteiger partial charge on any atom is 0.257 e. The minimum atomic E-state index is -0.666. The van der Waals surface area contributed by atoms with Crippen molar-refractivity contribution in [3.63, 3.8) is 0 Å². The lowest BCUT2D eigenvalue weighted by atomic mass is 9.89. The highest BCUT2D eigenvalue weighted by molar-refractivity contribution is 5.95. The van der Waals surface area contributed by atoms with Gasteiger partial charge in [-0.2, -0.15) is 5.10 Å². The van der Waals surface area contributed by atoms with E-state index in [0.29, 0.717) is 18.7 Å². The molecule has 1 fully saturated rings. The average Bonchev–Trinajstić information content (AvgIpc) is 2.53. The highest BCUT2D eigenvalue weighted by atomic mass is 16.3. The molecule has 0 saturated carbocycles. The maximum atomic E-state index is 12.1. The third-order valence-corrected chi connectivity index (χ3v) is 3.22. The molecule has 0 radical (unpaired) electrons. The molecular formula is C12H19N3O2. The van der Waals surface area contributed by atoms with Gasteiger partial charge in [0.2, 0.25) is 0 Å². The number of aliphatic hydroxyl groups is 1. The molecule has 5 heteroatoms. The molecule has 1 aliphatic rings. The number of β-amino-alcohol motifs (C(OH)–C–C–N with tert-alkyl or cyclic N) is 1. The number of likely N-dealkylation sites (tertiary alicyclic amines) is 1. The topological polar surface area (TPSA) is 58.4 Å². The van der Waals surface area contributed by atoms with Gasteiger partial charge in [0.15, 0.2) is 0 Å². The number of carbonyl (C=O) groups is 1. The van der Waals surface area contributed by atoms with Gasteiger partial charge in [-0.1, -0.05) is 13.3 Å². The molecule has 2 heterocycles. The Hall–Kier alpha value is -1.36. The molecule has 1 N–H and O–H groups in total. The minimum Gasteiger partial charge on any atom is -0.386 e. The lowest BCUT2D eigenvalue weighted by Gasteiger charge is -2.46. The van der Waals surface area contributed by atoms with Crippen molar-refractivity contribution in [2.45, 2.75) is 32.3 Å². The van der Waals surface area contributed by atoms with Gasteiger partial charge >= 0.3 is 0 Å². The lowest BCUT2D eigenvalue weighted by Crippen LogP contribution is -2.63. The zero-order chi connectivity index (χ0) is 12.6. The van der Waals surface area contributed by atoms with E-state index in [9.17, 15) is 9.90 Å². The first-order valence-electron chi connectivity index (χ1n) is 5.97. The lowest BCUT2D eigenvalue weighted by molar-refractivity contribution is -0.0860. The second kappa shape index (κ2) is 4.14. The summed E-state index contributed by atoms with van der Waals surface area (Å²) in [5.41, 5.74) is 0.704. The summed E-state index contributed by atoms with van der Waals surface area (Å²) >= 11 is 0. The van der Waals surface area contributed by atoms with Crippen LogP contribution in [0.4, 0.5) is 0 Å². The van der Waals surface area contributed by atoms with Crippen LogP contribution in [0, 0.1) is 6.92 Å². The third-order valence-electron chi connectivity index (χ3n) is 3.22. The van der Waals surface area contributed by atoms with Crippen LogP contribution < -0.4 is 0 Å². The first-order valence-corrected chi connectivity index (χ1v) is 5.97. The largest absolute Gasteiger partial charge is 0.386 e. The smallest absolute Gasteiger partial charge is 0.257 e. The van der Waals surface area contributed by atoms with Crippen LogP contribution >= 0.6 is 0 Å². The Labute approximate surface area is 101 Å². The molecule has 0 bridgehead atoms. The number of rotatable bonds is 3. The van der Waals surface area contributed by atoms with Crippen LogP contribution in [0.1, 0.15) is 35.8 Å². The second-order valence-electron chi connectivity index (χ2n) is 4.94. The Balaban J connectivity index is 2.02. The van der Waals surface area contributed by atoms with Crippen LogP contribution in [-0.4, -0.2) is 44.4 Å². The predicted octanol–water partition coefficient (Wildman–Crippen LogP) is 0.716. The summed E-state index contributed by atoms with van der Waals surface area (Å²) in [6.07, 6.45) is 3.42. The molecule has 1 amide bonds. The van der Waals surface area contributed by atoms with Gasteiger partial charge in [0.25, 0.3) is 5.91 Å². The van der Waals surface area contributed by atoms with Crippen LogP contribution in [0.15, 0.2) is 6.20 Å². The molecule has 1 aliphatic heterocycles. The third kappa shape index (κ3) is 2.20. The quantitative estimate of drug-likeness (QED) is 0.842. The molecule has 0 aromatic carbocycles. The fourth-order valence-corrected chi connectivity index (χ4v) is 2.41. The number of carbonyl (C=O) groups excluding carboxylic acids is 1. The summed E-state index contributed by atoms with van der Waals surface area (Å²) in [7, 11) is 1.80. The van der Waals surface area contributed by atoms with E-state index < -0.39 is 5.60 Å². The summed E-state index contributed by atoms with van der Waals surface area (Å²) in [5.74, 6) is -0.0311. The predicted molar refractivity (Wildman–Crippen MR) is 63.7 cm³/mol. The average molecular weight is 237 g/mol. The highest BCUT2D eigenvalue weighted by Gasteiger charge is 2.43.